The number of hydrogen-bond donors (Lipinski definition) is 2. The van der Waals surface area contributed by atoms with Crippen LogP contribution in [0.25, 0.3) is 0 Å². The lowest BCUT2D eigenvalue weighted by atomic mass is 10.1. The Morgan fingerprint density at radius 2 is 1.76 bits per heavy atom. The van der Waals surface area contributed by atoms with E-state index < -0.39 is 24.5 Å². The number of urea groups is 1. The molecule has 0 saturated heterocycles. The molecular weight excluding hydrogens is 396 g/mol. The van der Waals surface area contributed by atoms with Crippen molar-refractivity contribution in [3.8, 4) is 11.5 Å². The monoisotopic (exact) mass is 416 g/mol. The van der Waals surface area contributed by atoms with Gasteiger partial charge in [-0.05, 0) is 24.1 Å². The molecule has 0 unspecified atom stereocenters. The molecule has 2 N–H and O–H groups in total. The minimum Gasteiger partial charge on any atom is -0.493 e. The molecule has 0 aromatic heterocycles. The summed E-state index contributed by atoms with van der Waals surface area (Å²) in [4.78, 5) is 34.7. The highest BCUT2D eigenvalue weighted by atomic mass is 79.9. The van der Waals surface area contributed by atoms with Gasteiger partial charge in [0.15, 0.2) is 18.1 Å². The van der Waals surface area contributed by atoms with Gasteiger partial charge in [-0.15, -0.1) is 0 Å². The van der Waals surface area contributed by atoms with Crippen molar-refractivity contribution in [3.05, 3.63) is 22.2 Å². The Balaban J connectivity index is 2.54. The molecule has 1 rings (SSSR count). The Morgan fingerprint density at radius 3 is 2.36 bits per heavy atom. The van der Waals surface area contributed by atoms with E-state index in [2.05, 4.69) is 26.6 Å². The molecule has 0 spiro atoms. The summed E-state index contributed by atoms with van der Waals surface area (Å²) in [6.07, 6.45) is 0.674. The van der Waals surface area contributed by atoms with Crippen molar-refractivity contribution >= 4 is 33.8 Å². The molecule has 0 atom stereocenters. The molecule has 138 valence electrons. The van der Waals surface area contributed by atoms with Crippen LogP contribution in [0.1, 0.15) is 18.9 Å². The van der Waals surface area contributed by atoms with Gasteiger partial charge < -0.3 is 19.5 Å². The third-order valence-corrected chi connectivity index (χ3v) is 3.78. The number of esters is 1. The fraction of sp³-hybridized carbons (Fsp3) is 0.438. The molecule has 3 amide bonds. The lowest BCUT2D eigenvalue weighted by Crippen LogP contribution is -2.41. The van der Waals surface area contributed by atoms with Crippen molar-refractivity contribution < 1.29 is 28.6 Å². The van der Waals surface area contributed by atoms with Gasteiger partial charge in [0.2, 0.25) is 0 Å². The highest BCUT2D eigenvalue weighted by molar-refractivity contribution is 9.10. The van der Waals surface area contributed by atoms with Crippen LogP contribution < -0.4 is 20.1 Å². The molecule has 0 bridgehead atoms. The second-order valence-corrected chi connectivity index (χ2v) is 5.79. The topological polar surface area (TPSA) is 103 Å². The van der Waals surface area contributed by atoms with Crippen LogP contribution in [0.15, 0.2) is 16.6 Å². The molecule has 0 aliphatic rings. The average molecular weight is 417 g/mol. The van der Waals surface area contributed by atoms with Crippen LogP contribution in [0.3, 0.4) is 0 Å². The lowest BCUT2D eigenvalue weighted by molar-refractivity contribution is -0.147. The van der Waals surface area contributed by atoms with Crippen LogP contribution in [0, 0.1) is 0 Å². The molecule has 0 fully saturated rings. The van der Waals surface area contributed by atoms with Gasteiger partial charge in [-0.1, -0.05) is 22.9 Å². The van der Waals surface area contributed by atoms with Gasteiger partial charge >= 0.3 is 12.0 Å². The highest BCUT2D eigenvalue weighted by Gasteiger charge is 2.15. The molecule has 9 heteroatoms. The smallest absolute Gasteiger partial charge is 0.321 e. The summed E-state index contributed by atoms with van der Waals surface area (Å²) in [5, 5.41) is 4.54. The molecule has 1 aromatic carbocycles. The van der Waals surface area contributed by atoms with Crippen molar-refractivity contribution in [2.24, 2.45) is 0 Å². The first-order chi connectivity index (χ1) is 11.9. The Labute approximate surface area is 154 Å². The predicted octanol–water partition coefficient (Wildman–Crippen LogP) is 1.79. The van der Waals surface area contributed by atoms with E-state index in [-0.39, 0.29) is 6.42 Å². The minimum atomic E-state index is -0.701. The molecule has 0 aliphatic carbocycles. The zero-order chi connectivity index (χ0) is 18.8. The van der Waals surface area contributed by atoms with Crippen LogP contribution in [0.2, 0.25) is 0 Å². The van der Waals surface area contributed by atoms with E-state index in [1.54, 1.807) is 12.1 Å². The first-order valence-corrected chi connectivity index (χ1v) is 8.34. The number of carbonyl (C=O) groups is 3. The molecule has 25 heavy (non-hydrogen) atoms. The van der Waals surface area contributed by atoms with E-state index in [1.807, 2.05) is 6.92 Å². The summed E-state index contributed by atoms with van der Waals surface area (Å²) < 4.78 is 15.9. The van der Waals surface area contributed by atoms with E-state index in [0.29, 0.717) is 28.1 Å². The van der Waals surface area contributed by atoms with Crippen LogP contribution >= 0.6 is 15.9 Å². The zero-order valence-corrected chi connectivity index (χ0v) is 15.9. The van der Waals surface area contributed by atoms with Gasteiger partial charge in [0.25, 0.3) is 5.91 Å². The molecule has 0 heterocycles. The lowest BCUT2D eigenvalue weighted by Gasteiger charge is -2.12. The number of nitrogens with one attached hydrogen (secondary N) is 2. The number of imide groups is 1. The zero-order valence-electron chi connectivity index (χ0n) is 14.3. The van der Waals surface area contributed by atoms with Gasteiger partial charge in [-0.25, -0.2) is 4.79 Å². The average Bonchev–Trinajstić information content (AvgIpc) is 2.59. The third-order valence-electron chi connectivity index (χ3n) is 3.04. The fourth-order valence-electron chi connectivity index (χ4n) is 1.83. The van der Waals surface area contributed by atoms with Gasteiger partial charge in [0.05, 0.1) is 20.6 Å². The SMILES string of the molecule is CCCNC(=O)NC(=O)COC(=O)Cc1cc(OC)c(OC)cc1Br. The standard InChI is InChI=1S/C16H21BrN2O6/c1-4-5-18-16(22)19-14(20)9-25-15(21)7-10-6-12(23-2)13(24-3)8-11(10)17/h6,8H,4-5,7,9H2,1-3H3,(H2,18,19,20,22). The number of halogens is 1. The van der Waals surface area contributed by atoms with Crippen LogP contribution in [0.5, 0.6) is 11.5 Å². The summed E-state index contributed by atoms with van der Waals surface area (Å²) in [5.74, 6) is -0.326. The van der Waals surface area contributed by atoms with Crippen molar-refractivity contribution in [1.82, 2.24) is 10.6 Å². The number of rotatable bonds is 8. The summed E-state index contributed by atoms with van der Waals surface area (Å²) >= 11 is 3.34. The third kappa shape index (κ3) is 7.00. The van der Waals surface area contributed by atoms with Gasteiger partial charge in [0, 0.05) is 11.0 Å². The molecule has 0 saturated carbocycles. The largest absolute Gasteiger partial charge is 0.493 e. The van der Waals surface area contributed by atoms with Crippen molar-refractivity contribution in [2.75, 3.05) is 27.4 Å². The normalized spacial score (nSPS) is 9.92. The quantitative estimate of drug-likeness (QED) is 0.626. The highest BCUT2D eigenvalue weighted by Crippen LogP contribution is 2.33. The fourth-order valence-corrected chi connectivity index (χ4v) is 2.29. The van der Waals surface area contributed by atoms with Crippen molar-refractivity contribution in [2.45, 2.75) is 19.8 Å². The van der Waals surface area contributed by atoms with Gasteiger partial charge in [0.1, 0.15) is 0 Å². The van der Waals surface area contributed by atoms with E-state index in [9.17, 15) is 14.4 Å². The second-order valence-electron chi connectivity index (χ2n) is 4.94. The van der Waals surface area contributed by atoms with Crippen molar-refractivity contribution in [3.63, 3.8) is 0 Å². The first-order valence-electron chi connectivity index (χ1n) is 7.54. The van der Waals surface area contributed by atoms with Crippen LogP contribution in [-0.2, 0) is 20.7 Å². The number of hydrogen-bond acceptors (Lipinski definition) is 6. The van der Waals surface area contributed by atoms with E-state index in [4.69, 9.17) is 14.2 Å². The Kier molecular flexibility index (Phi) is 8.76. The molecule has 1 aromatic rings. The number of ether oxygens (including phenoxy) is 3. The minimum absolute atomic E-state index is 0.0732. The molecule has 0 aliphatic heterocycles. The maximum Gasteiger partial charge on any atom is 0.321 e. The molecular formula is C16H21BrN2O6. The summed E-state index contributed by atoms with van der Waals surface area (Å²) in [5.41, 5.74) is 0.615. The van der Waals surface area contributed by atoms with E-state index in [0.717, 1.165) is 6.42 Å². The maximum atomic E-state index is 11.9. The number of methoxy groups -OCH3 is 2. The Morgan fingerprint density at radius 1 is 1.12 bits per heavy atom. The Bertz CT molecular complexity index is 635. The molecule has 8 nitrogen and oxygen atoms in total. The second kappa shape index (κ2) is 10.5. The van der Waals surface area contributed by atoms with E-state index >= 15 is 0 Å². The van der Waals surface area contributed by atoms with Crippen LogP contribution in [0.4, 0.5) is 4.79 Å². The van der Waals surface area contributed by atoms with Gasteiger partial charge in [-0.2, -0.15) is 0 Å². The predicted molar refractivity (Wildman–Crippen MR) is 93.7 cm³/mol. The van der Waals surface area contributed by atoms with Crippen LogP contribution in [-0.4, -0.2) is 45.3 Å². The Hall–Kier alpha value is -2.29. The number of carbonyl (C=O) groups excluding carboxylic acids is 3. The summed E-state index contributed by atoms with van der Waals surface area (Å²) in [6.45, 7) is 1.80. The van der Waals surface area contributed by atoms with Crippen molar-refractivity contribution in [1.29, 1.82) is 0 Å². The summed E-state index contributed by atoms with van der Waals surface area (Å²) in [6, 6.07) is 2.69. The summed E-state index contributed by atoms with van der Waals surface area (Å²) in [7, 11) is 3.00. The molecule has 0 radical (unpaired) electrons. The first kappa shape index (κ1) is 20.8. The van der Waals surface area contributed by atoms with Gasteiger partial charge in [-0.3, -0.25) is 14.9 Å². The van der Waals surface area contributed by atoms with E-state index in [1.165, 1.54) is 14.2 Å². The number of amides is 3. The maximum absolute atomic E-state index is 11.9. The number of benzene rings is 1.